The molecule has 2 aromatic heterocycles. The fourth-order valence-electron chi connectivity index (χ4n) is 5.07. The Morgan fingerprint density at radius 3 is 2.62 bits per heavy atom. The highest BCUT2D eigenvalue weighted by molar-refractivity contribution is 5.97. The molecule has 3 N–H and O–H groups in total. The van der Waals surface area contributed by atoms with Gasteiger partial charge in [0, 0.05) is 18.2 Å². The number of likely N-dealkylation sites (tertiary alicyclic amines) is 1. The maximum Gasteiger partial charge on any atom is 0.272 e. The van der Waals surface area contributed by atoms with E-state index in [0.717, 1.165) is 25.5 Å². The lowest BCUT2D eigenvalue weighted by Crippen LogP contribution is -2.50. The Balaban J connectivity index is 1.53. The van der Waals surface area contributed by atoms with Crippen molar-refractivity contribution in [3.63, 3.8) is 0 Å². The first kappa shape index (κ1) is 24.9. The lowest BCUT2D eigenvalue weighted by Gasteiger charge is -2.31. The van der Waals surface area contributed by atoms with E-state index in [2.05, 4.69) is 25.2 Å². The van der Waals surface area contributed by atoms with Crippen LogP contribution in [0, 0.1) is 11.8 Å². The molecule has 1 saturated heterocycles. The van der Waals surface area contributed by atoms with E-state index in [9.17, 15) is 18.0 Å². The quantitative estimate of drug-likeness (QED) is 0.462. The first-order valence-corrected chi connectivity index (χ1v) is 11.7. The summed E-state index contributed by atoms with van der Waals surface area (Å²) in [5.74, 6) is -2.96. The number of carbonyl (C=O) groups is 1. The molecule has 3 heterocycles. The van der Waals surface area contributed by atoms with Gasteiger partial charge < -0.3 is 20.7 Å². The monoisotopic (exact) mass is 516 g/mol. The molecular formula is C25H24F4N6O2. The van der Waals surface area contributed by atoms with Gasteiger partial charge in [0.1, 0.15) is 23.7 Å². The van der Waals surface area contributed by atoms with Crippen LogP contribution in [0.25, 0.3) is 22.6 Å². The third-order valence-corrected chi connectivity index (χ3v) is 6.86. The van der Waals surface area contributed by atoms with Crippen LogP contribution < -0.4 is 15.8 Å². The lowest BCUT2D eigenvalue weighted by atomic mass is 9.97. The average molecular weight is 516 g/mol. The molecule has 3 aromatic rings. The topological polar surface area (TPSA) is 106 Å². The number of hydrogen-bond donors (Lipinski definition) is 2. The molecule has 12 heteroatoms. The van der Waals surface area contributed by atoms with Crippen LogP contribution in [0.4, 0.5) is 23.4 Å². The Morgan fingerprint density at radius 1 is 1.24 bits per heavy atom. The van der Waals surface area contributed by atoms with Crippen molar-refractivity contribution in [1.29, 1.82) is 0 Å². The van der Waals surface area contributed by atoms with E-state index in [1.807, 2.05) is 7.05 Å². The molecule has 2 bridgehead atoms. The highest BCUT2D eigenvalue weighted by atomic mass is 19.3. The van der Waals surface area contributed by atoms with Crippen LogP contribution in [-0.4, -0.2) is 64.0 Å². The minimum absolute atomic E-state index is 0.186. The highest BCUT2D eigenvalue weighted by Gasteiger charge is 2.49. The summed E-state index contributed by atoms with van der Waals surface area (Å²) in [5, 5.41) is 3.02. The number of amides is 1. The zero-order chi connectivity index (χ0) is 26.3. The molecule has 37 heavy (non-hydrogen) atoms. The van der Waals surface area contributed by atoms with Gasteiger partial charge >= 0.3 is 0 Å². The first-order valence-electron chi connectivity index (χ1n) is 11.7. The van der Waals surface area contributed by atoms with Gasteiger partial charge in [0.05, 0.1) is 23.0 Å². The fourth-order valence-corrected chi connectivity index (χ4v) is 5.07. The van der Waals surface area contributed by atoms with Crippen molar-refractivity contribution in [2.45, 2.75) is 37.3 Å². The maximum atomic E-state index is 15.7. The Labute approximate surface area is 209 Å². The SMILES string of the molecule is CN1C[C@]2(NC(=O)c3cc(-c4ccc(OCC(F)F)cc4)nc(-c4cnc(N)c(F)n4)c3F)CCC1C2. The number of nitrogen functional groups attached to an aromatic ring is 1. The number of aromatic nitrogens is 3. The minimum Gasteiger partial charge on any atom is -0.488 e. The molecule has 1 amide bonds. The van der Waals surface area contributed by atoms with E-state index in [1.54, 1.807) is 0 Å². The van der Waals surface area contributed by atoms with Gasteiger partial charge in [-0.25, -0.2) is 28.1 Å². The molecule has 5 rings (SSSR count). The number of nitrogens with one attached hydrogen (secondary N) is 1. The summed E-state index contributed by atoms with van der Waals surface area (Å²) in [5.41, 5.74) is 4.68. The van der Waals surface area contributed by atoms with Crippen molar-refractivity contribution in [2.75, 3.05) is 25.9 Å². The third-order valence-electron chi connectivity index (χ3n) is 6.86. The van der Waals surface area contributed by atoms with Crippen molar-refractivity contribution in [3.05, 3.63) is 53.9 Å². The zero-order valence-corrected chi connectivity index (χ0v) is 19.8. The van der Waals surface area contributed by atoms with Crippen molar-refractivity contribution >= 4 is 11.7 Å². The summed E-state index contributed by atoms with van der Waals surface area (Å²) >= 11 is 0. The number of nitrogens with zero attached hydrogens (tertiary/aromatic N) is 4. The number of likely N-dealkylation sites (N-methyl/N-ethyl adjacent to an activating group) is 1. The molecule has 1 saturated carbocycles. The number of alkyl halides is 2. The van der Waals surface area contributed by atoms with E-state index in [0.29, 0.717) is 18.2 Å². The first-order chi connectivity index (χ1) is 17.6. The van der Waals surface area contributed by atoms with E-state index >= 15 is 4.39 Å². The molecule has 0 spiro atoms. The van der Waals surface area contributed by atoms with Crippen LogP contribution in [0.5, 0.6) is 5.75 Å². The number of rotatable bonds is 7. The lowest BCUT2D eigenvalue weighted by molar-refractivity contribution is 0.0819. The molecule has 1 unspecified atom stereocenters. The maximum absolute atomic E-state index is 15.7. The van der Waals surface area contributed by atoms with Gasteiger partial charge in [-0.3, -0.25) is 4.79 Å². The molecule has 2 aliphatic rings. The average Bonchev–Trinajstić information content (AvgIpc) is 3.42. The van der Waals surface area contributed by atoms with Crippen LogP contribution in [0.1, 0.15) is 29.6 Å². The molecule has 0 radical (unpaired) electrons. The van der Waals surface area contributed by atoms with Crippen LogP contribution in [0.3, 0.4) is 0 Å². The van der Waals surface area contributed by atoms with E-state index < -0.39 is 42.1 Å². The number of benzene rings is 1. The molecule has 194 valence electrons. The van der Waals surface area contributed by atoms with Crippen molar-refractivity contribution in [3.8, 4) is 28.4 Å². The summed E-state index contributed by atoms with van der Waals surface area (Å²) in [6.45, 7) is -0.105. The summed E-state index contributed by atoms with van der Waals surface area (Å²) in [6.07, 6.45) is 0.943. The number of ether oxygens (including phenoxy) is 1. The Morgan fingerprint density at radius 2 is 2.00 bits per heavy atom. The molecule has 1 aliphatic heterocycles. The summed E-state index contributed by atoms with van der Waals surface area (Å²) in [4.78, 5) is 27.2. The number of nitrogens with two attached hydrogens (primary N) is 1. The summed E-state index contributed by atoms with van der Waals surface area (Å²) in [7, 11) is 1.99. The van der Waals surface area contributed by atoms with E-state index in [1.165, 1.54) is 30.3 Å². The number of hydrogen-bond acceptors (Lipinski definition) is 7. The third kappa shape index (κ3) is 4.93. The predicted octanol–water partition coefficient (Wildman–Crippen LogP) is 3.68. The second-order valence-corrected chi connectivity index (χ2v) is 9.42. The van der Waals surface area contributed by atoms with Crippen LogP contribution in [0.2, 0.25) is 0 Å². The van der Waals surface area contributed by atoms with Gasteiger partial charge in [0.2, 0.25) is 0 Å². The predicted molar refractivity (Wildman–Crippen MR) is 127 cm³/mol. The standard InChI is InChI=1S/C25H24F4N6O2/c1-35-12-25(7-6-14(35)9-25)34-24(36)16-8-17(13-2-4-15(5-3-13)37-11-19(26)27)32-21(20(16)28)18-10-31-23(30)22(29)33-18/h2-5,8,10,14,19H,6-7,9,11-12H2,1H3,(H2,30,31)(H,34,36)/t14?,25-/m0/s1. The second kappa shape index (κ2) is 9.58. The molecule has 1 aliphatic carbocycles. The van der Waals surface area contributed by atoms with E-state index in [4.69, 9.17) is 10.5 Å². The number of carbonyl (C=O) groups excluding carboxylic acids is 1. The fraction of sp³-hybridized carbons (Fsp3) is 0.360. The van der Waals surface area contributed by atoms with Crippen LogP contribution >= 0.6 is 0 Å². The number of fused-ring (bicyclic) bond motifs is 2. The van der Waals surface area contributed by atoms with Gasteiger partial charge in [0.25, 0.3) is 18.3 Å². The van der Waals surface area contributed by atoms with Crippen molar-refractivity contribution < 1.29 is 27.1 Å². The second-order valence-electron chi connectivity index (χ2n) is 9.42. The normalized spacial score (nSPS) is 21.0. The van der Waals surface area contributed by atoms with Crippen LogP contribution in [0.15, 0.2) is 36.5 Å². The van der Waals surface area contributed by atoms with E-state index in [-0.39, 0.29) is 28.4 Å². The number of halogens is 4. The van der Waals surface area contributed by atoms with Gasteiger partial charge in [-0.1, -0.05) is 0 Å². The minimum atomic E-state index is -2.63. The zero-order valence-electron chi connectivity index (χ0n) is 19.8. The Bertz CT molecular complexity index is 1340. The molecule has 8 nitrogen and oxygen atoms in total. The molecular weight excluding hydrogens is 492 g/mol. The Kier molecular flexibility index (Phi) is 6.44. The largest absolute Gasteiger partial charge is 0.488 e. The highest BCUT2D eigenvalue weighted by Crippen LogP contribution is 2.40. The van der Waals surface area contributed by atoms with Crippen molar-refractivity contribution in [2.24, 2.45) is 0 Å². The van der Waals surface area contributed by atoms with Gasteiger partial charge in [-0.15, -0.1) is 0 Å². The van der Waals surface area contributed by atoms with Crippen molar-refractivity contribution in [1.82, 2.24) is 25.2 Å². The summed E-state index contributed by atoms with van der Waals surface area (Å²) < 4.78 is 59.7. The van der Waals surface area contributed by atoms with Gasteiger partial charge in [0.15, 0.2) is 11.6 Å². The molecule has 1 aromatic carbocycles. The number of piperidine rings is 1. The number of pyridine rings is 1. The van der Waals surface area contributed by atoms with Gasteiger partial charge in [-0.2, -0.15) is 4.39 Å². The molecule has 2 fully saturated rings. The molecule has 2 atom stereocenters. The summed E-state index contributed by atoms with van der Waals surface area (Å²) in [6, 6.07) is 7.65. The van der Waals surface area contributed by atoms with Crippen LogP contribution in [-0.2, 0) is 0 Å². The van der Waals surface area contributed by atoms with Gasteiger partial charge in [-0.05, 0) is 56.6 Å². The number of anilines is 1. The smallest absolute Gasteiger partial charge is 0.272 e. The Hall–Kier alpha value is -3.80.